The highest BCUT2D eigenvalue weighted by Crippen LogP contribution is 2.34. The van der Waals surface area contributed by atoms with Crippen molar-refractivity contribution in [1.29, 1.82) is 0 Å². The van der Waals surface area contributed by atoms with Gasteiger partial charge in [0.05, 0.1) is 0 Å². The molecule has 0 saturated carbocycles. The summed E-state index contributed by atoms with van der Waals surface area (Å²) in [5.41, 5.74) is 11.3. The summed E-state index contributed by atoms with van der Waals surface area (Å²) in [7, 11) is 0. The molecule has 1 aliphatic rings. The fourth-order valence-electron chi connectivity index (χ4n) is 2.09. The van der Waals surface area contributed by atoms with Gasteiger partial charge in [0.25, 0.3) is 0 Å². The van der Waals surface area contributed by atoms with E-state index in [0.29, 0.717) is 0 Å². The van der Waals surface area contributed by atoms with Gasteiger partial charge in [-0.15, -0.1) is 0 Å². The Balaban J connectivity index is 2.48. The van der Waals surface area contributed by atoms with Crippen LogP contribution in [0.4, 0.5) is 0 Å². The second-order valence-corrected chi connectivity index (χ2v) is 4.70. The maximum Gasteiger partial charge on any atom is 0.0355 e. The normalized spacial score (nSPS) is 15.3. The largest absolute Gasteiger partial charge is 0.322 e. The lowest BCUT2D eigenvalue weighted by Gasteiger charge is -2.21. The third-order valence-corrected chi connectivity index (χ3v) is 2.77. The summed E-state index contributed by atoms with van der Waals surface area (Å²) in [6.45, 7) is 6.26. The van der Waals surface area contributed by atoms with E-state index in [1.165, 1.54) is 22.3 Å². The smallest absolute Gasteiger partial charge is 0.0355 e. The van der Waals surface area contributed by atoms with Crippen LogP contribution in [-0.2, 0) is 6.42 Å². The first-order valence-electron chi connectivity index (χ1n) is 5.08. The Hall–Kier alpha value is -1.08. The number of hydrogen-bond acceptors (Lipinski definition) is 1. The van der Waals surface area contributed by atoms with Crippen LogP contribution < -0.4 is 5.73 Å². The Bertz CT molecular complexity index is 394. The highest BCUT2D eigenvalue weighted by molar-refractivity contribution is 5.78. The molecule has 1 nitrogen and oxygen atoms in total. The summed E-state index contributed by atoms with van der Waals surface area (Å²) in [4.78, 5) is 0. The third-order valence-electron chi connectivity index (χ3n) is 2.77. The van der Waals surface area contributed by atoms with Crippen molar-refractivity contribution in [3.8, 4) is 0 Å². The van der Waals surface area contributed by atoms with Crippen LogP contribution in [0.2, 0.25) is 0 Å². The SMILES string of the molecule is Cc1ccc2c(c1)CC=C2C(C)(C)N. The van der Waals surface area contributed by atoms with Gasteiger partial charge in [-0.1, -0.05) is 29.8 Å². The molecule has 1 aliphatic carbocycles. The van der Waals surface area contributed by atoms with Gasteiger partial charge < -0.3 is 5.73 Å². The van der Waals surface area contributed by atoms with Gasteiger partial charge in [0.1, 0.15) is 0 Å². The minimum absolute atomic E-state index is 0.222. The molecule has 14 heavy (non-hydrogen) atoms. The lowest BCUT2D eigenvalue weighted by Crippen LogP contribution is -2.32. The van der Waals surface area contributed by atoms with Crippen molar-refractivity contribution in [2.45, 2.75) is 32.7 Å². The minimum atomic E-state index is -0.222. The quantitative estimate of drug-likeness (QED) is 0.718. The Morgan fingerprint density at radius 1 is 1.29 bits per heavy atom. The highest BCUT2D eigenvalue weighted by atomic mass is 14.7. The van der Waals surface area contributed by atoms with Gasteiger partial charge >= 0.3 is 0 Å². The van der Waals surface area contributed by atoms with E-state index in [1.54, 1.807) is 0 Å². The molecule has 0 fully saturated rings. The highest BCUT2D eigenvalue weighted by Gasteiger charge is 2.24. The fraction of sp³-hybridized carbons (Fsp3) is 0.385. The van der Waals surface area contributed by atoms with E-state index in [2.05, 4.69) is 45.0 Å². The minimum Gasteiger partial charge on any atom is -0.322 e. The number of fused-ring (bicyclic) bond motifs is 1. The van der Waals surface area contributed by atoms with Crippen molar-refractivity contribution in [1.82, 2.24) is 0 Å². The van der Waals surface area contributed by atoms with Crippen molar-refractivity contribution >= 4 is 5.57 Å². The fourth-order valence-corrected chi connectivity index (χ4v) is 2.09. The Morgan fingerprint density at radius 3 is 2.64 bits per heavy atom. The second-order valence-electron chi connectivity index (χ2n) is 4.70. The first-order chi connectivity index (χ1) is 6.48. The number of nitrogens with two attached hydrogens (primary N) is 1. The number of aryl methyl sites for hydroxylation is 1. The number of hydrogen-bond donors (Lipinski definition) is 1. The summed E-state index contributed by atoms with van der Waals surface area (Å²) in [5, 5.41) is 0. The van der Waals surface area contributed by atoms with Crippen molar-refractivity contribution in [2.24, 2.45) is 5.73 Å². The average molecular weight is 187 g/mol. The van der Waals surface area contributed by atoms with E-state index in [1.807, 2.05) is 0 Å². The molecular weight excluding hydrogens is 170 g/mol. The summed E-state index contributed by atoms with van der Waals surface area (Å²) >= 11 is 0. The molecule has 0 heterocycles. The molecule has 1 heteroatoms. The lowest BCUT2D eigenvalue weighted by molar-refractivity contribution is 0.676. The van der Waals surface area contributed by atoms with E-state index >= 15 is 0 Å². The molecule has 0 spiro atoms. The van der Waals surface area contributed by atoms with Crippen LogP contribution in [0.15, 0.2) is 24.3 Å². The van der Waals surface area contributed by atoms with Crippen molar-refractivity contribution < 1.29 is 0 Å². The molecule has 74 valence electrons. The Labute approximate surface area is 85.6 Å². The first kappa shape index (κ1) is 9.47. The van der Waals surface area contributed by atoms with Crippen LogP contribution in [0.3, 0.4) is 0 Å². The number of allylic oxidation sites excluding steroid dienone is 1. The van der Waals surface area contributed by atoms with Gasteiger partial charge in [0.2, 0.25) is 0 Å². The third kappa shape index (κ3) is 1.48. The van der Waals surface area contributed by atoms with Crippen LogP contribution in [-0.4, -0.2) is 5.54 Å². The van der Waals surface area contributed by atoms with Crippen molar-refractivity contribution in [3.63, 3.8) is 0 Å². The summed E-state index contributed by atoms with van der Waals surface area (Å²) in [6, 6.07) is 6.60. The molecule has 0 amide bonds. The predicted molar refractivity (Wildman–Crippen MR) is 61.1 cm³/mol. The van der Waals surface area contributed by atoms with Gasteiger partial charge in [-0.3, -0.25) is 0 Å². The molecule has 0 unspecified atom stereocenters. The molecule has 0 aromatic heterocycles. The second kappa shape index (κ2) is 2.96. The van der Waals surface area contributed by atoms with Crippen LogP contribution in [0, 0.1) is 6.92 Å². The lowest BCUT2D eigenvalue weighted by atomic mass is 9.90. The van der Waals surface area contributed by atoms with Gasteiger partial charge in [-0.25, -0.2) is 0 Å². The van der Waals surface area contributed by atoms with Crippen molar-refractivity contribution in [2.75, 3.05) is 0 Å². The van der Waals surface area contributed by atoms with Crippen LogP contribution >= 0.6 is 0 Å². The molecule has 0 atom stereocenters. The van der Waals surface area contributed by atoms with E-state index in [-0.39, 0.29) is 5.54 Å². The molecule has 2 N–H and O–H groups in total. The molecule has 0 radical (unpaired) electrons. The Kier molecular flexibility index (Phi) is 2.00. The summed E-state index contributed by atoms with van der Waals surface area (Å²) < 4.78 is 0. The van der Waals surface area contributed by atoms with Gasteiger partial charge in [-0.2, -0.15) is 0 Å². The zero-order chi connectivity index (χ0) is 10.3. The first-order valence-corrected chi connectivity index (χ1v) is 5.08. The van der Waals surface area contributed by atoms with Gasteiger partial charge in [0.15, 0.2) is 0 Å². The van der Waals surface area contributed by atoms with Gasteiger partial charge in [0, 0.05) is 5.54 Å². The molecule has 1 aromatic carbocycles. The van der Waals surface area contributed by atoms with Crippen LogP contribution in [0.1, 0.15) is 30.5 Å². The molecule has 1 aromatic rings. The maximum atomic E-state index is 6.13. The Morgan fingerprint density at radius 2 is 2.00 bits per heavy atom. The van der Waals surface area contributed by atoms with E-state index in [9.17, 15) is 0 Å². The average Bonchev–Trinajstić information content (AvgIpc) is 2.45. The molecule has 0 bridgehead atoms. The maximum absolute atomic E-state index is 6.13. The number of rotatable bonds is 1. The van der Waals surface area contributed by atoms with Crippen LogP contribution in [0.5, 0.6) is 0 Å². The van der Waals surface area contributed by atoms with E-state index < -0.39 is 0 Å². The summed E-state index contributed by atoms with van der Waals surface area (Å²) in [5.74, 6) is 0. The van der Waals surface area contributed by atoms with Gasteiger partial charge in [-0.05, 0) is 43.9 Å². The summed E-state index contributed by atoms with van der Waals surface area (Å²) in [6.07, 6.45) is 3.29. The number of benzene rings is 1. The molecule has 0 saturated heterocycles. The molecule has 0 aliphatic heterocycles. The molecule has 2 rings (SSSR count). The van der Waals surface area contributed by atoms with E-state index in [4.69, 9.17) is 5.73 Å². The molecular formula is C13H17N. The van der Waals surface area contributed by atoms with E-state index in [0.717, 1.165) is 6.42 Å². The standard InChI is InChI=1S/C13H17N/c1-9-4-6-11-10(8-9)5-7-12(11)13(2,3)14/h4,6-8H,5,14H2,1-3H3. The topological polar surface area (TPSA) is 26.0 Å². The van der Waals surface area contributed by atoms with Crippen molar-refractivity contribution in [3.05, 3.63) is 41.0 Å². The van der Waals surface area contributed by atoms with Crippen LogP contribution in [0.25, 0.3) is 5.57 Å². The zero-order valence-electron chi connectivity index (χ0n) is 9.09. The zero-order valence-corrected chi connectivity index (χ0v) is 9.09. The predicted octanol–water partition coefficient (Wildman–Crippen LogP) is 2.67. The monoisotopic (exact) mass is 187 g/mol.